The fraction of sp³-hybridized carbons (Fsp3) is 0.238. The molecule has 0 amide bonds. The first-order chi connectivity index (χ1) is 13.4. The van der Waals surface area contributed by atoms with E-state index in [0.29, 0.717) is 16.9 Å². The molecule has 1 N–H and O–H groups in total. The molecule has 2 atom stereocenters. The Hall–Kier alpha value is -3.48. The summed E-state index contributed by atoms with van der Waals surface area (Å²) in [7, 11) is 0. The van der Waals surface area contributed by atoms with Gasteiger partial charge in [0.1, 0.15) is 11.5 Å². The lowest BCUT2D eigenvalue weighted by atomic mass is 9.71. The second kappa shape index (κ2) is 6.60. The average molecular weight is 378 g/mol. The van der Waals surface area contributed by atoms with Crippen LogP contribution in [-0.2, 0) is 9.59 Å². The van der Waals surface area contributed by atoms with Crippen LogP contribution in [0.15, 0.2) is 54.7 Å². The number of aromatic amines is 1. The molecular weight excluding hydrogens is 360 g/mol. The molecule has 3 aromatic rings. The van der Waals surface area contributed by atoms with Crippen molar-refractivity contribution in [2.24, 2.45) is 0 Å². The van der Waals surface area contributed by atoms with Gasteiger partial charge in [-0.05, 0) is 24.6 Å². The highest BCUT2D eigenvalue weighted by atomic mass is 16.6. The lowest BCUT2D eigenvalue weighted by Gasteiger charge is -2.35. The minimum atomic E-state index is -2.08. The van der Waals surface area contributed by atoms with Crippen LogP contribution >= 0.6 is 0 Å². The molecule has 0 fully saturated rings. The van der Waals surface area contributed by atoms with Gasteiger partial charge in [-0.25, -0.2) is 4.79 Å². The summed E-state index contributed by atoms with van der Waals surface area (Å²) in [5.74, 6) is -1.73. The lowest BCUT2D eigenvalue weighted by molar-refractivity contribution is -0.559. The molecule has 0 bridgehead atoms. The van der Waals surface area contributed by atoms with Crippen LogP contribution in [-0.4, -0.2) is 27.2 Å². The molecule has 4 rings (SSSR count). The Morgan fingerprint density at radius 3 is 2.64 bits per heavy atom. The van der Waals surface area contributed by atoms with Crippen molar-refractivity contribution >= 4 is 22.7 Å². The van der Waals surface area contributed by atoms with E-state index in [1.807, 2.05) is 24.3 Å². The third-order valence-corrected chi connectivity index (χ3v) is 5.38. The maximum atomic E-state index is 13.0. The number of aromatic nitrogens is 1. The smallest absolute Gasteiger partial charge is 0.391 e. The number of rotatable bonds is 5. The maximum Gasteiger partial charge on any atom is 0.391 e. The highest BCUT2D eigenvalue weighted by Crippen LogP contribution is 2.49. The van der Waals surface area contributed by atoms with Crippen LogP contribution in [0.25, 0.3) is 10.9 Å². The topological polar surface area (TPSA) is 102 Å². The Balaban J connectivity index is 2.01. The first-order valence-corrected chi connectivity index (χ1v) is 8.96. The van der Waals surface area contributed by atoms with E-state index in [2.05, 4.69) is 4.98 Å². The van der Waals surface area contributed by atoms with Crippen molar-refractivity contribution in [3.63, 3.8) is 0 Å². The Kier molecular flexibility index (Phi) is 4.22. The van der Waals surface area contributed by atoms with Gasteiger partial charge in [-0.2, -0.15) is 0 Å². The molecule has 0 unspecified atom stereocenters. The van der Waals surface area contributed by atoms with Gasteiger partial charge in [0.25, 0.3) is 0 Å². The van der Waals surface area contributed by atoms with Gasteiger partial charge in [-0.15, -0.1) is 0 Å². The van der Waals surface area contributed by atoms with Gasteiger partial charge >= 0.3 is 11.5 Å². The van der Waals surface area contributed by atoms with Crippen LogP contribution < -0.4 is 4.74 Å². The predicted molar refractivity (Wildman–Crippen MR) is 102 cm³/mol. The Morgan fingerprint density at radius 1 is 1.18 bits per heavy atom. The molecule has 2 aromatic carbocycles. The molecule has 2 heterocycles. The lowest BCUT2D eigenvalue weighted by Crippen LogP contribution is -2.56. The number of para-hydroxylation sites is 2. The minimum Gasteiger partial charge on any atom is -0.421 e. The van der Waals surface area contributed by atoms with Crippen molar-refractivity contribution < 1.29 is 19.2 Å². The molecule has 1 aliphatic rings. The molecule has 7 heteroatoms. The Labute approximate surface area is 160 Å². The zero-order valence-electron chi connectivity index (χ0n) is 15.2. The average Bonchev–Trinajstić information content (AvgIpc) is 3.09. The highest BCUT2D eigenvalue weighted by Gasteiger charge is 2.63. The molecule has 7 nitrogen and oxygen atoms in total. The monoisotopic (exact) mass is 378 g/mol. The number of ketones is 1. The number of nitrogens with zero attached hydrogens (tertiary/aromatic N) is 1. The molecule has 1 aliphatic heterocycles. The van der Waals surface area contributed by atoms with Gasteiger partial charge in [0, 0.05) is 40.4 Å². The minimum absolute atomic E-state index is 0.0862. The molecule has 0 aliphatic carbocycles. The van der Waals surface area contributed by atoms with Crippen molar-refractivity contribution in [3.8, 4) is 5.75 Å². The zero-order chi connectivity index (χ0) is 19.9. The van der Waals surface area contributed by atoms with Crippen LogP contribution in [0.4, 0.5) is 0 Å². The molecule has 0 saturated carbocycles. The van der Waals surface area contributed by atoms with Gasteiger partial charge < -0.3 is 14.5 Å². The van der Waals surface area contributed by atoms with Gasteiger partial charge in [0.2, 0.25) is 0 Å². The third-order valence-electron chi connectivity index (χ3n) is 5.38. The van der Waals surface area contributed by atoms with E-state index < -0.39 is 22.3 Å². The van der Waals surface area contributed by atoms with Crippen molar-refractivity contribution in [1.82, 2.24) is 4.98 Å². The zero-order valence-corrected chi connectivity index (χ0v) is 15.2. The van der Waals surface area contributed by atoms with Gasteiger partial charge in [-0.1, -0.05) is 36.4 Å². The number of H-pyrrole nitrogens is 1. The summed E-state index contributed by atoms with van der Waals surface area (Å²) >= 11 is 0. The second-order valence-corrected chi connectivity index (χ2v) is 7.03. The number of carbonyl (C=O) groups excluding carboxylic acids is 2. The number of nitro groups is 1. The predicted octanol–water partition coefficient (Wildman–Crippen LogP) is 3.60. The van der Waals surface area contributed by atoms with E-state index in [1.165, 1.54) is 6.92 Å². The van der Waals surface area contributed by atoms with Gasteiger partial charge in [-0.3, -0.25) is 10.1 Å². The summed E-state index contributed by atoms with van der Waals surface area (Å²) in [6.07, 6.45) is 1.39. The number of nitrogens with one attached hydrogen (secondary N) is 1. The number of hydrogen-bond acceptors (Lipinski definition) is 5. The Morgan fingerprint density at radius 2 is 1.89 bits per heavy atom. The summed E-state index contributed by atoms with van der Waals surface area (Å²) < 4.78 is 5.38. The number of fused-ring (bicyclic) bond motifs is 2. The summed E-state index contributed by atoms with van der Waals surface area (Å²) in [6.45, 7) is 1.36. The van der Waals surface area contributed by atoms with Crippen LogP contribution in [0.3, 0.4) is 0 Å². The number of ether oxygens (including phenoxy) is 1. The van der Waals surface area contributed by atoms with E-state index in [-0.39, 0.29) is 18.6 Å². The molecule has 0 spiro atoms. The molecular formula is C21H18N2O5. The molecule has 0 saturated heterocycles. The quantitative estimate of drug-likeness (QED) is 0.316. The number of Topliss-reactive ketones (excluding diaryl/α,β-unsaturated/α-hetero) is 1. The van der Waals surface area contributed by atoms with Crippen LogP contribution in [0.2, 0.25) is 0 Å². The molecule has 142 valence electrons. The largest absolute Gasteiger partial charge is 0.421 e. The summed E-state index contributed by atoms with van der Waals surface area (Å²) in [5.41, 5.74) is -0.0601. The van der Waals surface area contributed by atoms with Crippen molar-refractivity contribution in [2.45, 2.75) is 31.2 Å². The van der Waals surface area contributed by atoms with E-state index in [0.717, 1.165) is 10.9 Å². The molecule has 0 radical (unpaired) electrons. The molecule has 28 heavy (non-hydrogen) atoms. The van der Waals surface area contributed by atoms with Crippen molar-refractivity contribution in [3.05, 3.63) is 76.0 Å². The third kappa shape index (κ3) is 2.58. The van der Waals surface area contributed by atoms with E-state index in [9.17, 15) is 19.7 Å². The SMILES string of the molecule is CC(=O)CC[C@]1([N+](=O)[O-])C(=O)Oc2ccccc2[C@H]1c1c[nH]c2ccccc12. The highest BCUT2D eigenvalue weighted by molar-refractivity contribution is 5.91. The van der Waals surface area contributed by atoms with Gasteiger partial charge in [0.15, 0.2) is 0 Å². The fourth-order valence-corrected chi connectivity index (χ4v) is 4.02. The molecule has 1 aromatic heterocycles. The van der Waals surface area contributed by atoms with Crippen LogP contribution in [0.1, 0.15) is 36.8 Å². The van der Waals surface area contributed by atoms with E-state index in [1.54, 1.807) is 30.5 Å². The number of benzene rings is 2. The van der Waals surface area contributed by atoms with Crippen LogP contribution in [0, 0.1) is 10.1 Å². The van der Waals surface area contributed by atoms with Crippen molar-refractivity contribution in [1.29, 1.82) is 0 Å². The summed E-state index contributed by atoms with van der Waals surface area (Å²) in [5, 5.41) is 13.1. The van der Waals surface area contributed by atoms with E-state index >= 15 is 0 Å². The van der Waals surface area contributed by atoms with Gasteiger partial charge in [0.05, 0.1) is 5.92 Å². The maximum absolute atomic E-state index is 13.0. The fourth-order valence-electron chi connectivity index (χ4n) is 4.02. The summed E-state index contributed by atoms with van der Waals surface area (Å²) in [6, 6.07) is 14.3. The standard InChI is InChI=1S/C21H18N2O5/c1-13(24)10-11-21(23(26)27)19(15-7-3-5-9-18(15)28-20(21)25)16-12-22-17-8-4-2-6-14(16)17/h2-9,12,19,22H,10-11H2,1H3/t19-,21+/m0/s1. The number of esters is 1. The number of carbonyl (C=O) groups is 2. The van der Waals surface area contributed by atoms with E-state index in [4.69, 9.17) is 4.74 Å². The normalized spacial score (nSPS) is 21.2. The number of hydrogen-bond donors (Lipinski definition) is 1. The Bertz CT molecular complexity index is 1100. The first kappa shape index (κ1) is 17.9. The van der Waals surface area contributed by atoms with Crippen molar-refractivity contribution in [2.75, 3.05) is 0 Å². The summed E-state index contributed by atoms with van der Waals surface area (Å²) in [4.78, 5) is 39.5. The van der Waals surface area contributed by atoms with Crippen LogP contribution in [0.5, 0.6) is 5.75 Å². The second-order valence-electron chi connectivity index (χ2n) is 7.03. The first-order valence-electron chi connectivity index (χ1n) is 8.96.